The van der Waals surface area contributed by atoms with E-state index in [-0.39, 0.29) is 6.04 Å². The molecule has 1 N–H and O–H groups in total. The van der Waals surface area contributed by atoms with Gasteiger partial charge in [-0.05, 0) is 5.56 Å². The van der Waals surface area contributed by atoms with Crippen molar-refractivity contribution in [1.29, 1.82) is 0 Å². The van der Waals surface area contributed by atoms with Crippen molar-refractivity contribution in [1.82, 2.24) is 5.32 Å². The maximum atomic E-state index is 3.77. The highest BCUT2D eigenvalue weighted by molar-refractivity contribution is 5.22. The van der Waals surface area contributed by atoms with Gasteiger partial charge in [0.05, 0.1) is 6.04 Å². The van der Waals surface area contributed by atoms with Crippen LogP contribution in [0.15, 0.2) is 55.6 Å². The van der Waals surface area contributed by atoms with Gasteiger partial charge in [-0.25, -0.2) is 0 Å². The molecule has 0 saturated heterocycles. The number of hydrogen-bond donors (Lipinski definition) is 1. The minimum absolute atomic E-state index is 0.166. The van der Waals surface area contributed by atoms with Crippen molar-refractivity contribution >= 4 is 0 Å². The van der Waals surface area contributed by atoms with E-state index >= 15 is 0 Å². The lowest BCUT2D eigenvalue weighted by atomic mass is 10.1. The van der Waals surface area contributed by atoms with Crippen LogP contribution in [0.5, 0.6) is 0 Å². The van der Waals surface area contributed by atoms with Gasteiger partial charge < -0.3 is 0 Å². The molecule has 1 atom stereocenters. The predicted octanol–water partition coefficient (Wildman–Crippen LogP) is 2.85. The van der Waals surface area contributed by atoms with Crippen LogP contribution in [0.4, 0.5) is 0 Å². The summed E-state index contributed by atoms with van der Waals surface area (Å²) in [7, 11) is 0. The van der Waals surface area contributed by atoms with E-state index in [1.807, 2.05) is 30.8 Å². The first-order chi connectivity index (χ1) is 6.38. The number of nitrogens with one attached hydrogen (secondary N) is 1. The lowest BCUT2D eigenvalue weighted by molar-refractivity contribution is 0.726. The average Bonchev–Trinajstić information content (AvgIpc) is 2.21. The fraction of sp³-hybridized carbons (Fsp3) is 0.0833. The molecule has 67 valence electrons. The van der Waals surface area contributed by atoms with E-state index in [9.17, 15) is 0 Å². The Kier molecular flexibility index (Phi) is 4.00. The van der Waals surface area contributed by atoms with Crippen molar-refractivity contribution in [3.8, 4) is 0 Å². The largest absolute Gasteiger partial charge is 0.299 e. The van der Waals surface area contributed by atoms with E-state index in [2.05, 4.69) is 30.6 Å². The highest BCUT2D eigenvalue weighted by Crippen LogP contribution is 2.12. The zero-order valence-corrected chi connectivity index (χ0v) is 7.61. The van der Waals surface area contributed by atoms with Gasteiger partial charge in [0.1, 0.15) is 0 Å². The van der Waals surface area contributed by atoms with Crippen molar-refractivity contribution in [2.75, 3.05) is 0 Å². The van der Waals surface area contributed by atoms with Crippen molar-refractivity contribution in [3.63, 3.8) is 0 Å². The van der Waals surface area contributed by atoms with Gasteiger partial charge in [-0.15, -0.1) is 13.2 Å². The van der Waals surface area contributed by atoms with Crippen LogP contribution in [-0.4, -0.2) is 0 Å². The van der Waals surface area contributed by atoms with Crippen molar-refractivity contribution < 1.29 is 0 Å². The highest BCUT2D eigenvalue weighted by atomic mass is 14.9. The Hall–Kier alpha value is -1.34. The summed E-state index contributed by atoms with van der Waals surface area (Å²) in [5.41, 5.74) is 1.20. The third-order valence-electron chi connectivity index (χ3n) is 1.79. The lowest BCUT2D eigenvalue weighted by Gasteiger charge is -2.12. The minimum atomic E-state index is 0.166. The monoisotopic (exact) mass is 172 g/mol. The van der Waals surface area contributed by atoms with E-state index in [1.54, 1.807) is 6.08 Å². The number of rotatable bonds is 5. The molecule has 1 aromatic rings. The fourth-order valence-corrected chi connectivity index (χ4v) is 1.13. The molecule has 0 bridgehead atoms. The highest BCUT2D eigenvalue weighted by Gasteiger charge is 2.03. The minimum Gasteiger partial charge on any atom is -0.299 e. The molecule has 13 heavy (non-hydrogen) atoms. The second-order valence-electron chi connectivity index (χ2n) is 2.69. The zero-order chi connectivity index (χ0) is 9.52. The second kappa shape index (κ2) is 5.33. The molecule has 0 aliphatic heterocycles. The molecule has 0 spiro atoms. The quantitative estimate of drug-likeness (QED) is 0.673. The lowest BCUT2D eigenvalue weighted by Crippen LogP contribution is -2.15. The van der Waals surface area contributed by atoms with Crippen LogP contribution in [0, 0.1) is 6.54 Å². The third-order valence-corrected chi connectivity index (χ3v) is 1.79. The first-order valence-corrected chi connectivity index (χ1v) is 4.26. The Morgan fingerprint density at radius 3 is 2.38 bits per heavy atom. The van der Waals surface area contributed by atoms with Gasteiger partial charge in [0.2, 0.25) is 0 Å². The average molecular weight is 172 g/mol. The van der Waals surface area contributed by atoms with Crippen molar-refractivity contribution in [3.05, 3.63) is 67.7 Å². The summed E-state index contributed by atoms with van der Waals surface area (Å²) < 4.78 is 0. The van der Waals surface area contributed by atoms with Crippen LogP contribution >= 0.6 is 0 Å². The van der Waals surface area contributed by atoms with Crippen LogP contribution in [-0.2, 0) is 0 Å². The summed E-state index contributed by atoms with van der Waals surface area (Å²) in [6.07, 6.45) is 3.59. The second-order valence-corrected chi connectivity index (χ2v) is 2.69. The number of hydrogen-bond acceptors (Lipinski definition) is 1. The van der Waals surface area contributed by atoms with Gasteiger partial charge in [-0.1, -0.05) is 42.5 Å². The van der Waals surface area contributed by atoms with Crippen LogP contribution in [0.2, 0.25) is 0 Å². The van der Waals surface area contributed by atoms with Gasteiger partial charge >= 0.3 is 0 Å². The molecule has 1 aromatic carbocycles. The van der Waals surface area contributed by atoms with Gasteiger partial charge in [0.25, 0.3) is 0 Å². The van der Waals surface area contributed by atoms with Gasteiger partial charge in [-0.3, -0.25) is 5.32 Å². The van der Waals surface area contributed by atoms with Crippen LogP contribution in [0.3, 0.4) is 0 Å². The molecule has 0 heterocycles. The fourth-order valence-electron chi connectivity index (χ4n) is 1.13. The topological polar surface area (TPSA) is 12.0 Å². The molecule has 1 rings (SSSR count). The maximum Gasteiger partial charge on any atom is 0.0508 e. The van der Waals surface area contributed by atoms with E-state index in [4.69, 9.17) is 0 Å². The van der Waals surface area contributed by atoms with Gasteiger partial charge in [0, 0.05) is 6.54 Å². The van der Waals surface area contributed by atoms with Gasteiger partial charge in [-0.2, -0.15) is 0 Å². The Morgan fingerprint density at radius 1 is 1.15 bits per heavy atom. The molecule has 0 aliphatic rings. The third kappa shape index (κ3) is 2.88. The Labute approximate surface area is 79.8 Å². The molecule has 0 fully saturated rings. The van der Waals surface area contributed by atoms with Crippen molar-refractivity contribution in [2.45, 2.75) is 6.04 Å². The molecule has 0 amide bonds. The Bertz CT molecular complexity index is 264. The molecule has 0 saturated carbocycles. The van der Waals surface area contributed by atoms with E-state index < -0.39 is 0 Å². The molecule has 1 heteroatoms. The van der Waals surface area contributed by atoms with Crippen LogP contribution < -0.4 is 5.32 Å². The van der Waals surface area contributed by atoms with E-state index in [1.165, 1.54) is 5.56 Å². The standard InChI is InChI=1S/C12H14N/c1-3-10-13-12(4-2)11-8-6-5-7-9-11/h3-10,12-13H,1-2H2. The first-order valence-electron chi connectivity index (χ1n) is 4.26. The molecule has 1 nitrogen and oxygen atoms in total. The summed E-state index contributed by atoms with van der Waals surface area (Å²) in [6, 6.07) is 10.3. The molecular formula is C12H14N. The van der Waals surface area contributed by atoms with Crippen LogP contribution in [0.1, 0.15) is 11.6 Å². The zero-order valence-electron chi connectivity index (χ0n) is 7.61. The van der Waals surface area contributed by atoms with E-state index in [0.29, 0.717) is 0 Å². The van der Waals surface area contributed by atoms with Crippen molar-refractivity contribution in [2.24, 2.45) is 0 Å². The predicted molar refractivity (Wildman–Crippen MR) is 57.0 cm³/mol. The summed E-state index contributed by atoms with van der Waals surface area (Å²) in [4.78, 5) is 0. The Morgan fingerprint density at radius 2 is 1.85 bits per heavy atom. The van der Waals surface area contributed by atoms with Gasteiger partial charge in [0.15, 0.2) is 0 Å². The molecule has 1 unspecified atom stereocenters. The molecule has 0 aliphatic carbocycles. The summed E-state index contributed by atoms with van der Waals surface area (Å²) in [5.74, 6) is 0. The summed E-state index contributed by atoms with van der Waals surface area (Å²) in [5, 5.41) is 3.17. The molecule has 0 aromatic heterocycles. The summed E-state index contributed by atoms with van der Waals surface area (Å²) in [6.45, 7) is 9.20. The first kappa shape index (κ1) is 9.75. The normalized spacial score (nSPS) is 12.0. The maximum absolute atomic E-state index is 3.77. The SMILES string of the molecule is C=C[CH]NC(C=C)c1ccccc1. The summed E-state index contributed by atoms with van der Waals surface area (Å²) >= 11 is 0. The molecule has 1 radical (unpaired) electrons. The smallest absolute Gasteiger partial charge is 0.0508 e. The Balaban J connectivity index is 2.66. The molecular weight excluding hydrogens is 158 g/mol. The van der Waals surface area contributed by atoms with E-state index in [0.717, 1.165) is 0 Å². The van der Waals surface area contributed by atoms with Crippen LogP contribution in [0.25, 0.3) is 0 Å². The number of benzene rings is 1.